The summed E-state index contributed by atoms with van der Waals surface area (Å²) in [5, 5.41) is 8.91. The number of rotatable bonds is 3. The Kier molecular flexibility index (Phi) is 2.96. The normalized spacial score (nSPS) is 19.4. The van der Waals surface area contributed by atoms with E-state index in [0.717, 1.165) is 19.4 Å². The second-order valence-corrected chi connectivity index (χ2v) is 4.28. The molecular formula is C13H19NO. The highest BCUT2D eigenvalue weighted by atomic mass is 16.2. The first-order chi connectivity index (χ1) is 7.26. The Balaban J connectivity index is 2.29. The van der Waals surface area contributed by atoms with Gasteiger partial charge in [0.25, 0.3) is 0 Å². The fourth-order valence-corrected chi connectivity index (χ4v) is 2.52. The van der Waals surface area contributed by atoms with Gasteiger partial charge < -0.3 is 10.0 Å². The van der Waals surface area contributed by atoms with Gasteiger partial charge in [-0.3, -0.25) is 0 Å². The number of anilines is 1. The summed E-state index contributed by atoms with van der Waals surface area (Å²) in [4.78, 5) is 2.44. The van der Waals surface area contributed by atoms with E-state index in [-0.39, 0.29) is 6.61 Å². The van der Waals surface area contributed by atoms with E-state index >= 15 is 0 Å². The van der Waals surface area contributed by atoms with Crippen molar-refractivity contribution in [1.82, 2.24) is 0 Å². The van der Waals surface area contributed by atoms with Gasteiger partial charge in [-0.25, -0.2) is 0 Å². The van der Waals surface area contributed by atoms with Crippen molar-refractivity contribution in [2.45, 2.75) is 32.7 Å². The van der Waals surface area contributed by atoms with Crippen LogP contribution in [0, 0.1) is 0 Å². The van der Waals surface area contributed by atoms with Crippen LogP contribution in [-0.2, 0) is 12.8 Å². The van der Waals surface area contributed by atoms with Gasteiger partial charge >= 0.3 is 0 Å². The maximum atomic E-state index is 8.91. The zero-order chi connectivity index (χ0) is 10.8. The summed E-state index contributed by atoms with van der Waals surface area (Å²) in [6, 6.07) is 7.20. The Bertz CT molecular complexity index is 348. The van der Waals surface area contributed by atoms with E-state index in [0.29, 0.717) is 6.04 Å². The first kappa shape index (κ1) is 10.5. The Hall–Kier alpha value is -1.02. The van der Waals surface area contributed by atoms with Crippen LogP contribution in [0.3, 0.4) is 0 Å². The van der Waals surface area contributed by atoms with E-state index in [9.17, 15) is 0 Å². The molecule has 0 radical (unpaired) electrons. The number of aliphatic hydroxyl groups excluding tert-OH is 1. The molecule has 0 amide bonds. The molecule has 0 saturated carbocycles. The van der Waals surface area contributed by atoms with Gasteiger partial charge in [-0.1, -0.05) is 12.1 Å². The molecule has 1 unspecified atom stereocenters. The van der Waals surface area contributed by atoms with Gasteiger partial charge in [0.1, 0.15) is 0 Å². The van der Waals surface area contributed by atoms with Gasteiger partial charge in [-0.15, -0.1) is 0 Å². The molecule has 0 saturated heterocycles. The van der Waals surface area contributed by atoms with Gasteiger partial charge in [0.2, 0.25) is 0 Å². The predicted octanol–water partition coefficient (Wildman–Crippen LogP) is 1.99. The fourth-order valence-electron chi connectivity index (χ4n) is 2.52. The van der Waals surface area contributed by atoms with Gasteiger partial charge in [0.15, 0.2) is 0 Å². The smallest absolute Gasteiger partial charge is 0.0471 e. The van der Waals surface area contributed by atoms with Crippen LogP contribution in [0.25, 0.3) is 0 Å². The third-order valence-electron chi connectivity index (χ3n) is 3.24. The third-order valence-corrected chi connectivity index (χ3v) is 3.24. The second-order valence-electron chi connectivity index (χ2n) is 4.28. The average molecular weight is 205 g/mol. The molecule has 1 heterocycles. The van der Waals surface area contributed by atoms with E-state index < -0.39 is 0 Å². The van der Waals surface area contributed by atoms with Crippen LogP contribution in [-0.4, -0.2) is 24.3 Å². The van der Waals surface area contributed by atoms with Crippen molar-refractivity contribution in [2.75, 3.05) is 18.1 Å². The Morgan fingerprint density at radius 2 is 2.27 bits per heavy atom. The van der Waals surface area contributed by atoms with Gasteiger partial charge in [-0.05, 0) is 43.9 Å². The number of likely N-dealkylation sites (N-methyl/N-ethyl adjacent to an activating group) is 1. The standard InChI is InChI=1S/C13H19NO/c1-3-14-10(2)8-12-9-11(6-7-15)4-5-13(12)14/h4-5,9-10,15H,3,6-8H2,1-2H3. The lowest BCUT2D eigenvalue weighted by Gasteiger charge is -2.22. The molecule has 2 nitrogen and oxygen atoms in total. The van der Waals surface area contributed by atoms with Crippen LogP contribution in [0.4, 0.5) is 5.69 Å². The summed E-state index contributed by atoms with van der Waals surface area (Å²) in [5.41, 5.74) is 4.07. The lowest BCUT2D eigenvalue weighted by molar-refractivity contribution is 0.299. The Morgan fingerprint density at radius 3 is 2.93 bits per heavy atom. The van der Waals surface area contributed by atoms with E-state index in [4.69, 9.17) is 5.11 Å². The summed E-state index contributed by atoms with van der Waals surface area (Å²) in [7, 11) is 0. The lowest BCUT2D eigenvalue weighted by Crippen LogP contribution is -2.28. The second kappa shape index (κ2) is 4.23. The minimum atomic E-state index is 0.242. The monoisotopic (exact) mass is 205 g/mol. The van der Waals surface area contributed by atoms with Crippen molar-refractivity contribution >= 4 is 5.69 Å². The summed E-state index contributed by atoms with van der Waals surface area (Å²) in [5.74, 6) is 0. The first-order valence-electron chi connectivity index (χ1n) is 5.75. The molecule has 2 rings (SSSR count). The van der Waals surface area contributed by atoms with E-state index in [1.165, 1.54) is 16.8 Å². The number of hydrogen-bond acceptors (Lipinski definition) is 2. The van der Waals surface area contributed by atoms with E-state index in [1.807, 2.05) is 0 Å². The van der Waals surface area contributed by atoms with Crippen molar-refractivity contribution < 1.29 is 5.11 Å². The molecule has 0 fully saturated rings. The SMILES string of the molecule is CCN1c2ccc(CCO)cc2CC1C. The van der Waals surface area contributed by atoms with Crippen LogP contribution in [0.15, 0.2) is 18.2 Å². The fraction of sp³-hybridized carbons (Fsp3) is 0.538. The van der Waals surface area contributed by atoms with Crippen molar-refractivity contribution in [2.24, 2.45) is 0 Å². The highest BCUT2D eigenvalue weighted by Gasteiger charge is 2.24. The average Bonchev–Trinajstić information content (AvgIpc) is 2.53. The molecule has 0 spiro atoms. The van der Waals surface area contributed by atoms with Gasteiger partial charge in [-0.2, -0.15) is 0 Å². The number of nitrogens with zero attached hydrogens (tertiary/aromatic N) is 1. The summed E-state index contributed by atoms with van der Waals surface area (Å²) in [6.07, 6.45) is 1.91. The van der Waals surface area contributed by atoms with Crippen molar-refractivity contribution in [3.05, 3.63) is 29.3 Å². The highest BCUT2D eigenvalue weighted by molar-refractivity contribution is 5.60. The molecular weight excluding hydrogens is 186 g/mol. The van der Waals surface area contributed by atoms with Crippen LogP contribution in [0.1, 0.15) is 25.0 Å². The topological polar surface area (TPSA) is 23.5 Å². The molecule has 2 heteroatoms. The van der Waals surface area contributed by atoms with Gasteiger partial charge in [0, 0.05) is 24.9 Å². The largest absolute Gasteiger partial charge is 0.396 e. The quantitative estimate of drug-likeness (QED) is 0.815. The summed E-state index contributed by atoms with van der Waals surface area (Å²) in [6.45, 7) is 5.79. The van der Waals surface area contributed by atoms with Crippen molar-refractivity contribution in [1.29, 1.82) is 0 Å². The van der Waals surface area contributed by atoms with E-state index in [2.05, 4.69) is 36.9 Å². The Morgan fingerprint density at radius 1 is 1.47 bits per heavy atom. The van der Waals surface area contributed by atoms with Crippen LogP contribution >= 0.6 is 0 Å². The lowest BCUT2D eigenvalue weighted by atomic mass is 10.1. The minimum Gasteiger partial charge on any atom is -0.396 e. The van der Waals surface area contributed by atoms with Crippen molar-refractivity contribution in [3.8, 4) is 0 Å². The molecule has 15 heavy (non-hydrogen) atoms. The maximum absolute atomic E-state index is 8.91. The van der Waals surface area contributed by atoms with Crippen LogP contribution in [0.2, 0.25) is 0 Å². The minimum absolute atomic E-state index is 0.242. The molecule has 0 aliphatic carbocycles. The number of aliphatic hydroxyl groups is 1. The molecule has 1 N–H and O–H groups in total. The highest BCUT2D eigenvalue weighted by Crippen LogP contribution is 2.32. The number of benzene rings is 1. The molecule has 0 aromatic heterocycles. The number of hydrogen-bond donors (Lipinski definition) is 1. The van der Waals surface area contributed by atoms with Gasteiger partial charge in [0.05, 0.1) is 0 Å². The van der Waals surface area contributed by atoms with Crippen LogP contribution in [0.5, 0.6) is 0 Å². The zero-order valence-electron chi connectivity index (χ0n) is 9.53. The van der Waals surface area contributed by atoms with Crippen molar-refractivity contribution in [3.63, 3.8) is 0 Å². The summed E-state index contributed by atoms with van der Waals surface area (Å²) < 4.78 is 0. The molecule has 0 bridgehead atoms. The number of fused-ring (bicyclic) bond motifs is 1. The Labute approximate surface area is 91.5 Å². The maximum Gasteiger partial charge on any atom is 0.0471 e. The molecule has 82 valence electrons. The summed E-state index contributed by atoms with van der Waals surface area (Å²) >= 11 is 0. The molecule has 1 atom stereocenters. The molecule has 1 aliphatic heterocycles. The molecule has 1 aliphatic rings. The first-order valence-corrected chi connectivity index (χ1v) is 5.75. The molecule has 1 aromatic carbocycles. The van der Waals surface area contributed by atoms with Crippen LogP contribution < -0.4 is 4.90 Å². The zero-order valence-corrected chi connectivity index (χ0v) is 9.53. The van der Waals surface area contributed by atoms with E-state index in [1.54, 1.807) is 0 Å². The third kappa shape index (κ3) is 1.86. The molecule has 1 aromatic rings. The predicted molar refractivity (Wildman–Crippen MR) is 63.4 cm³/mol.